The average molecular weight is 396 g/mol. The highest BCUT2D eigenvalue weighted by molar-refractivity contribution is 7.89. The van der Waals surface area contributed by atoms with Gasteiger partial charge in [-0.1, -0.05) is 12.1 Å². The number of esters is 1. The molecule has 0 saturated carbocycles. The number of sulfonamides is 1. The smallest absolute Gasteiger partial charge is 0.338 e. The standard InChI is InChI=1S/C16H16N2O6S2/c1-18(2)26(22,23)12-6-3-5-11(9-12)16(21)24-10-14(19)17-15(20)13-7-4-8-25-13/h3-9H,10H2,1-2H3,(H,17,19,20). The number of amides is 2. The Hall–Kier alpha value is -2.56. The number of hydrogen-bond donors (Lipinski definition) is 1. The SMILES string of the molecule is CN(C)S(=O)(=O)c1cccc(C(=O)OCC(=O)NC(=O)c2cccs2)c1. The van der Waals surface area contributed by atoms with Gasteiger partial charge in [0.15, 0.2) is 6.61 Å². The van der Waals surface area contributed by atoms with Crippen molar-refractivity contribution in [3.8, 4) is 0 Å². The molecule has 10 heteroatoms. The van der Waals surface area contributed by atoms with Crippen molar-refractivity contribution in [3.63, 3.8) is 0 Å². The Balaban J connectivity index is 1.98. The molecule has 0 radical (unpaired) electrons. The van der Waals surface area contributed by atoms with Crippen LogP contribution in [0, 0.1) is 0 Å². The summed E-state index contributed by atoms with van der Waals surface area (Å²) >= 11 is 1.17. The molecule has 0 aliphatic carbocycles. The number of hydrogen-bond acceptors (Lipinski definition) is 7. The summed E-state index contributed by atoms with van der Waals surface area (Å²) in [5.74, 6) is -2.24. The Kier molecular flexibility index (Phi) is 6.24. The van der Waals surface area contributed by atoms with Crippen LogP contribution in [-0.2, 0) is 19.6 Å². The summed E-state index contributed by atoms with van der Waals surface area (Å²) in [5, 5.41) is 3.78. The summed E-state index contributed by atoms with van der Waals surface area (Å²) in [6.07, 6.45) is 0. The Labute approximate surface area is 154 Å². The number of nitrogens with zero attached hydrogens (tertiary/aromatic N) is 1. The van der Waals surface area contributed by atoms with E-state index in [1.54, 1.807) is 17.5 Å². The number of carbonyl (C=O) groups excluding carboxylic acids is 3. The zero-order valence-electron chi connectivity index (χ0n) is 14.0. The van der Waals surface area contributed by atoms with E-state index in [2.05, 4.69) is 5.32 Å². The van der Waals surface area contributed by atoms with E-state index in [1.807, 2.05) is 0 Å². The van der Waals surface area contributed by atoms with Gasteiger partial charge in [-0.2, -0.15) is 0 Å². The minimum absolute atomic E-state index is 0.0229. The maximum Gasteiger partial charge on any atom is 0.338 e. The molecular weight excluding hydrogens is 380 g/mol. The van der Waals surface area contributed by atoms with Crippen LogP contribution in [0.25, 0.3) is 0 Å². The molecule has 0 bridgehead atoms. The van der Waals surface area contributed by atoms with Crippen LogP contribution < -0.4 is 5.32 Å². The van der Waals surface area contributed by atoms with E-state index in [4.69, 9.17) is 4.74 Å². The van der Waals surface area contributed by atoms with E-state index in [0.29, 0.717) is 4.88 Å². The van der Waals surface area contributed by atoms with Crippen molar-refractivity contribution < 1.29 is 27.5 Å². The van der Waals surface area contributed by atoms with E-state index in [1.165, 1.54) is 43.6 Å². The molecule has 0 aliphatic rings. The van der Waals surface area contributed by atoms with Gasteiger partial charge in [0.25, 0.3) is 11.8 Å². The largest absolute Gasteiger partial charge is 0.452 e. The summed E-state index contributed by atoms with van der Waals surface area (Å²) < 4.78 is 30.0. The van der Waals surface area contributed by atoms with Gasteiger partial charge < -0.3 is 4.74 Å². The second-order valence-electron chi connectivity index (χ2n) is 5.25. The number of benzene rings is 1. The van der Waals surface area contributed by atoms with Crippen LogP contribution in [0.3, 0.4) is 0 Å². The van der Waals surface area contributed by atoms with Crippen LogP contribution >= 0.6 is 11.3 Å². The quantitative estimate of drug-likeness (QED) is 0.733. The third-order valence-electron chi connectivity index (χ3n) is 3.18. The van der Waals surface area contributed by atoms with Crippen molar-refractivity contribution in [1.29, 1.82) is 0 Å². The monoisotopic (exact) mass is 396 g/mol. The fourth-order valence-corrected chi connectivity index (χ4v) is 3.41. The van der Waals surface area contributed by atoms with E-state index in [9.17, 15) is 22.8 Å². The first-order valence-corrected chi connectivity index (χ1v) is 9.61. The van der Waals surface area contributed by atoms with Gasteiger partial charge in [-0.05, 0) is 29.6 Å². The van der Waals surface area contributed by atoms with Gasteiger partial charge in [-0.25, -0.2) is 17.5 Å². The number of rotatable bonds is 6. The minimum Gasteiger partial charge on any atom is -0.452 e. The maximum atomic E-state index is 12.1. The molecule has 1 aromatic heterocycles. The summed E-state index contributed by atoms with van der Waals surface area (Å²) in [7, 11) is -0.962. The van der Waals surface area contributed by atoms with Crippen LogP contribution in [0.15, 0.2) is 46.7 Å². The first kappa shape index (κ1) is 19.8. The van der Waals surface area contributed by atoms with Gasteiger partial charge in [0.1, 0.15) is 0 Å². The molecule has 2 aromatic rings. The van der Waals surface area contributed by atoms with Crippen molar-refractivity contribution in [2.24, 2.45) is 0 Å². The third kappa shape index (κ3) is 4.75. The fourth-order valence-electron chi connectivity index (χ4n) is 1.84. The molecule has 2 rings (SSSR count). The van der Waals surface area contributed by atoms with Gasteiger partial charge >= 0.3 is 5.97 Å². The molecule has 1 heterocycles. The summed E-state index contributed by atoms with van der Waals surface area (Å²) in [4.78, 5) is 35.7. The van der Waals surface area contributed by atoms with Crippen molar-refractivity contribution in [1.82, 2.24) is 9.62 Å². The van der Waals surface area contributed by atoms with Crippen LogP contribution in [0.2, 0.25) is 0 Å². The minimum atomic E-state index is -3.70. The van der Waals surface area contributed by atoms with Gasteiger partial charge in [0, 0.05) is 14.1 Å². The number of imide groups is 1. The first-order chi connectivity index (χ1) is 12.2. The summed E-state index contributed by atoms with van der Waals surface area (Å²) in [6, 6.07) is 8.48. The summed E-state index contributed by atoms with van der Waals surface area (Å²) in [5.41, 5.74) is -0.0229. The number of ether oxygens (including phenoxy) is 1. The molecule has 0 atom stereocenters. The van der Waals surface area contributed by atoms with E-state index < -0.39 is 34.4 Å². The zero-order valence-corrected chi connectivity index (χ0v) is 15.6. The maximum absolute atomic E-state index is 12.1. The van der Waals surface area contributed by atoms with Crippen molar-refractivity contribution >= 4 is 39.1 Å². The molecule has 0 unspecified atom stereocenters. The molecule has 26 heavy (non-hydrogen) atoms. The van der Waals surface area contributed by atoms with Crippen molar-refractivity contribution in [3.05, 3.63) is 52.2 Å². The Morgan fingerprint density at radius 1 is 1.15 bits per heavy atom. The number of carbonyl (C=O) groups is 3. The van der Waals surface area contributed by atoms with Gasteiger partial charge in [-0.15, -0.1) is 11.3 Å². The second kappa shape index (κ2) is 8.21. The molecule has 0 saturated heterocycles. The first-order valence-electron chi connectivity index (χ1n) is 7.29. The predicted molar refractivity (Wildman–Crippen MR) is 94.4 cm³/mol. The molecule has 0 fully saturated rings. The van der Waals surface area contributed by atoms with E-state index in [-0.39, 0.29) is 10.5 Å². The molecule has 0 spiro atoms. The number of nitrogens with one attached hydrogen (secondary N) is 1. The van der Waals surface area contributed by atoms with Crippen molar-refractivity contribution in [2.75, 3.05) is 20.7 Å². The van der Waals surface area contributed by atoms with Crippen LogP contribution in [0.5, 0.6) is 0 Å². The lowest BCUT2D eigenvalue weighted by Gasteiger charge is -2.12. The van der Waals surface area contributed by atoms with E-state index in [0.717, 1.165) is 10.4 Å². The normalized spacial score (nSPS) is 11.2. The van der Waals surface area contributed by atoms with Crippen LogP contribution in [-0.4, -0.2) is 51.2 Å². The Morgan fingerprint density at radius 3 is 2.50 bits per heavy atom. The van der Waals surface area contributed by atoms with Gasteiger partial charge in [0.2, 0.25) is 10.0 Å². The highest BCUT2D eigenvalue weighted by Gasteiger charge is 2.20. The Bertz CT molecular complexity index is 920. The topological polar surface area (TPSA) is 110 Å². The highest BCUT2D eigenvalue weighted by Crippen LogP contribution is 2.15. The molecule has 138 valence electrons. The lowest BCUT2D eigenvalue weighted by molar-refractivity contribution is -0.123. The van der Waals surface area contributed by atoms with Crippen LogP contribution in [0.4, 0.5) is 0 Å². The predicted octanol–water partition coefficient (Wildman–Crippen LogP) is 1.11. The van der Waals surface area contributed by atoms with Crippen molar-refractivity contribution in [2.45, 2.75) is 4.90 Å². The molecule has 8 nitrogen and oxygen atoms in total. The molecule has 2 amide bonds. The lowest BCUT2D eigenvalue weighted by Crippen LogP contribution is -2.33. The average Bonchev–Trinajstić information content (AvgIpc) is 3.14. The molecule has 0 aliphatic heterocycles. The fraction of sp³-hybridized carbons (Fsp3) is 0.188. The lowest BCUT2D eigenvalue weighted by atomic mass is 10.2. The highest BCUT2D eigenvalue weighted by atomic mass is 32.2. The third-order valence-corrected chi connectivity index (χ3v) is 5.86. The summed E-state index contributed by atoms with van der Waals surface area (Å²) in [6.45, 7) is -0.666. The Morgan fingerprint density at radius 2 is 1.88 bits per heavy atom. The van der Waals surface area contributed by atoms with Gasteiger partial charge in [-0.3, -0.25) is 14.9 Å². The molecular formula is C16H16N2O6S2. The van der Waals surface area contributed by atoms with Crippen LogP contribution in [0.1, 0.15) is 20.0 Å². The zero-order chi connectivity index (χ0) is 19.3. The second-order valence-corrected chi connectivity index (χ2v) is 8.35. The number of thiophene rings is 1. The molecule has 1 aromatic carbocycles. The van der Waals surface area contributed by atoms with Gasteiger partial charge in [0.05, 0.1) is 15.3 Å². The molecule has 1 N–H and O–H groups in total. The van der Waals surface area contributed by atoms with E-state index >= 15 is 0 Å².